The monoisotopic (exact) mass is 254 g/mol. The van der Waals surface area contributed by atoms with E-state index < -0.39 is 24.7 Å². The molecule has 0 aliphatic rings. The third kappa shape index (κ3) is 8.97. The molecule has 102 valence electrons. The van der Waals surface area contributed by atoms with Crippen molar-refractivity contribution >= 4 is 5.91 Å². The molecule has 6 heteroatoms. The summed E-state index contributed by atoms with van der Waals surface area (Å²) in [5.74, 6) is -0.300. The van der Waals surface area contributed by atoms with E-state index in [9.17, 15) is 18.0 Å². The average Bonchev–Trinajstić information content (AvgIpc) is 1.95. The van der Waals surface area contributed by atoms with Crippen molar-refractivity contribution in [3.8, 4) is 0 Å². The Hall–Kier alpha value is -0.780. The molecule has 3 nitrogen and oxygen atoms in total. The quantitative estimate of drug-likeness (QED) is 0.807. The van der Waals surface area contributed by atoms with E-state index >= 15 is 0 Å². The summed E-state index contributed by atoms with van der Waals surface area (Å²) >= 11 is 0. The van der Waals surface area contributed by atoms with Gasteiger partial charge in [0.15, 0.2) is 0 Å². The fourth-order valence-corrected chi connectivity index (χ4v) is 1.39. The van der Waals surface area contributed by atoms with Crippen LogP contribution in [-0.4, -0.2) is 29.7 Å². The van der Waals surface area contributed by atoms with Crippen LogP contribution in [0.25, 0.3) is 0 Å². The molecule has 17 heavy (non-hydrogen) atoms. The molecular formula is C11H21F3N2O. The van der Waals surface area contributed by atoms with Crippen molar-refractivity contribution in [3.63, 3.8) is 0 Å². The van der Waals surface area contributed by atoms with Gasteiger partial charge in [-0.1, -0.05) is 0 Å². The van der Waals surface area contributed by atoms with Gasteiger partial charge in [-0.15, -0.1) is 0 Å². The Balaban J connectivity index is 4.17. The van der Waals surface area contributed by atoms with Crippen LogP contribution in [0.1, 0.15) is 41.0 Å². The summed E-state index contributed by atoms with van der Waals surface area (Å²) in [5.41, 5.74) is -0.389. The van der Waals surface area contributed by atoms with E-state index in [0.29, 0.717) is 0 Å². The van der Waals surface area contributed by atoms with E-state index in [2.05, 4.69) is 10.6 Å². The van der Waals surface area contributed by atoms with Gasteiger partial charge in [0.25, 0.3) is 0 Å². The largest absolute Gasteiger partial charge is 0.390 e. The first-order chi connectivity index (χ1) is 7.41. The minimum atomic E-state index is -4.22. The molecule has 0 aliphatic carbocycles. The maximum atomic E-state index is 12.1. The van der Waals surface area contributed by atoms with Gasteiger partial charge in [-0.25, -0.2) is 0 Å². The number of hydrogen-bond donors (Lipinski definition) is 2. The molecule has 0 aliphatic heterocycles. The summed E-state index contributed by atoms with van der Waals surface area (Å²) in [7, 11) is 0. The summed E-state index contributed by atoms with van der Waals surface area (Å²) in [6.45, 7) is 8.41. The molecule has 0 aromatic heterocycles. The zero-order chi connectivity index (χ0) is 13.9. The Kier molecular flexibility index (Phi) is 5.45. The fourth-order valence-electron chi connectivity index (χ4n) is 1.39. The Morgan fingerprint density at radius 3 is 2.00 bits per heavy atom. The molecule has 2 N–H and O–H groups in total. The van der Waals surface area contributed by atoms with E-state index in [0.717, 1.165) is 0 Å². The molecule has 0 saturated carbocycles. The molecule has 0 aromatic rings. The van der Waals surface area contributed by atoms with Gasteiger partial charge in [0, 0.05) is 11.6 Å². The highest BCUT2D eigenvalue weighted by molar-refractivity contribution is 5.81. The molecule has 2 unspecified atom stereocenters. The number of hydrogen-bond acceptors (Lipinski definition) is 2. The molecule has 0 radical (unpaired) electrons. The minimum absolute atomic E-state index is 0.300. The average molecular weight is 254 g/mol. The van der Waals surface area contributed by atoms with Crippen LogP contribution in [0.2, 0.25) is 0 Å². The molecule has 1 amide bonds. The van der Waals surface area contributed by atoms with Crippen molar-refractivity contribution in [3.05, 3.63) is 0 Å². The third-order valence-corrected chi connectivity index (χ3v) is 1.96. The zero-order valence-corrected chi connectivity index (χ0v) is 10.9. The zero-order valence-electron chi connectivity index (χ0n) is 10.9. The maximum Gasteiger partial charge on any atom is 0.390 e. The maximum absolute atomic E-state index is 12.1. The van der Waals surface area contributed by atoms with Gasteiger partial charge < -0.3 is 10.6 Å². The topological polar surface area (TPSA) is 41.1 Å². The molecule has 0 aromatic carbocycles. The lowest BCUT2D eigenvalue weighted by molar-refractivity contribution is -0.141. The van der Waals surface area contributed by atoms with E-state index in [1.54, 1.807) is 6.92 Å². The van der Waals surface area contributed by atoms with E-state index in [1.165, 1.54) is 6.92 Å². The van der Waals surface area contributed by atoms with Gasteiger partial charge in [-0.05, 0) is 34.6 Å². The van der Waals surface area contributed by atoms with Crippen LogP contribution in [-0.2, 0) is 4.79 Å². The van der Waals surface area contributed by atoms with Gasteiger partial charge in [-0.3, -0.25) is 4.79 Å². The second kappa shape index (κ2) is 5.71. The number of nitrogens with one attached hydrogen (secondary N) is 2. The number of alkyl halides is 3. The van der Waals surface area contributed by atoms with Gasteiger partial charge >= 0.3 is 6.18 Å². The lowest BCUT2D eigenvalue weighted by atomic mass is 10.1. The van der Waals surface area contributed by atoms with Crippen molar-refractivity contribution in [2.24, 2.45) is 0 Å². The normalized spacial score (nSPS) is 16.5. The summed E-state index contributed by atoms with van der Waals surface area (Å²) in [6.07, 6.45) is -5.16. The highest BCUT2D eigenvalue weighted by Crippen LogP contribution is 2.21. The van der Waals surface area contributed by atoms with Crippen LogP contribution < -0.4 is 10.6 Å². The van der Waals surface area contributed by atoms with Crippen LogP contribution in [0.4, 0.5) is 13.2 Å². The van der Waals surface area contributed by atoms with Crippen LogP contribution in [0.3, 0.4) is 0 Å². The molecule has 0 spiro atoms. The van der Waals surface area contributed by atoms with Crippen LogP contribution in [0.15, 0.2) is 0 Å². The minimum Gasteiger partial charge on any atom is -0.350 e. The lowest BCUT2D eigenvalue weighted by Gasteiger charge is -2.25. The summed E-state index contributed by atoms with van der Waals surface area (Å²) in [6, 6.07) is -1.43. The molecule has 0 saturated heterocycles. The fraction of sp³-hybridized carbons (Fsp3) is 0.909. The molecular weight excluding hydrogens is 233 g/mol. The first kappa shape index (κ1) is 16.2. The predicted octanol–water partition coefficient (Wildman–Crippen LogP) is 2.22. The lowest BCUT2D eigenvalue weighted by Crippen LogP contribution is -2.51. The van der Waals surface area contributed by atoms with Gasteiger partial charge in [0.2, 0.25) is 5.91 Å². The first-order valence-corrected chi connectivity index (χ1v) is 5.55. The number of amides is 1. The summed E-state index contributed by atoms with van der Waals surface area (Å²) < 4.78 is 36.3. The first-order valence-electron chi connectivity index (χ1n) is 5.55. The van der Waals surface area contributed by atoms with Crippen molar-refractivity contribution in [2.45, 2.75) is 64.8 Å². The highest BCUT2D eigenvalue weighted by Gasteiger charge is 2.31. The Labute approximate surface area is 100 Å². The molecule has 0 fully saturated rings. The molecule has 0 heterocycles. The van der Waals surface area contributed by atoms with Crippen molar-refractivity contribution in [1.29, 1.82) is 0 Å². The van der Waals surface area contributed by atoms with Gasteiger partial charge in [-0.2, -0.15) is 13.2 Å². The van der Waals surface area contributed by atoms with Crippen LogP contribution >= 0.6 is 0 Å². The van der Waals surface area contributed by atoms with Gasteiger partial charge in [0.05, 0.1) is 12.5 Å². The Morgan fingerprint density at radius 2 is 1.65 bits per heavy atom. The standard InChI is InChI=1S/C11H21F3N2O/c1-7(6-11(12,13)14)15-8(2)9(17)16-10(3,4)5/h7-8,15H,6H2,1-5H3,(H,16,17). The summed E-state index contributed by atoms with van der Waals surface area (Å²) in [4.78, 5) is 11.6. The second-order valence-electron chi connectivity index (χ2n) is 5.35. The summed E-state index contributed by atoms with van der Waals surface area (Å²) in [5, 5.41) is 5.33. The number of rotatable bonds is 4. The van der Waals surface area contributed by atoms with Crippen molar-refractivity contribution < 1.29 is 18.0 Å². The van der Waals surface area contributed by atoms with E-state index in [-0.39, 0.29) is 11.4 Å². The van der Waals surface area contributed by atoms with Crippen LogP contribution in [0, 0.1) is 0 Å². The Morgan fingerprint density at radius 1 is 1.18 bits per heavy atom. The molecule has 0 rings (SSSR count). The van der Waals surface area contributed by atoms with E-state index in [4.69, 9.17) is 0 Å². The molecule has 0 bridgehead atoms. The third-order valence-electron chi connectivity index (χ3n) is 1.96. The van der Waals surface area contributed by atoms with Crippen LogP contribution in [0.5, 0.6) is 0 Å². The molecule has 2 atom stereocenters. The smallest absolute Gasteiger partial charge is 0.350 e. The second-order valence-corrected chi connectivity index (χ2v) is 5.35. The highest BCUT2D eigenvalue weighted by atomic mass is 19.4. The number of halogens is 3. The van der Waals surface area contributed by atoms with Crippen molar-refractivity contribution in [1.82, 2.24) is 10.6 Å². The number of carbonyl (C=O) groups excluding carboxylic acids is 1. The predicted molar refractivity (Wildman–Crippen MR) is 60.6 cm³/mol. The van der Waals surface area contributed by atoms with Crippen molar-refractivity contribution in [2.75, 3.05) is 0 Å². The SMILES string of the molecule is CC(CC(F)(F)F)NC(C)C(=O)NC(C)(C)C. The van der Waals surface area contributed by atoms with E-state index in [1.807, 2.05) is 20.8 Å². The Bertz CT molecular complexity index is 258. The number of carbonyl (C=O) groups is 1. The van der Waals surface area contributed by atoms with Gasteiger partial charge in [0.1, 0.15) is 0 Å².